The molecule has 0 aromatic rings. The van der Waals surface area contributed by atoms with Crippen molar-refractivity contribution >= 4 is 5.78 Å². The topological polar surface area (TPSA) is 41.8 Å². The zero-order valence-corrected chi connectivity index (χ0v) is 8.53. The van der Waals surface area contributed by atoms with Gasteiger partial charge >= 0.3 is 0 Å². The molecule has 1 unspecified atom stereocenters. The minimum atomic E-state index is -0.255. The smallest absolute Gasteiger partial charge is 0.161 e. The molecule has 0 saturated heterocycles. The van der Waals surface area contributed by atoms with Gasteiger partial charge in [0.15, 0.2) is 5.78 Å². The average molecular weight is 170 g/mol. The molecule has 0 aromatic heterocycles. The van der Waals surface area contributed by atoms with Crippen molar-refractivity contribution in [3.05, 3.63) is 0 Å². The maximum Gasteiger partial charge on any atom is 0.161 e. The first kappa shape index (κ1) is 11.3. The van der Waals surface area contributed by atoms with E-state index in [9.17, 15) is 4.79 Å². The second kappa shape index (κ2) is 5.01. The molecule has 0 spiro atoms. The normalized spacial score (nSPS) is 14.6. The lowest BCUT2D eigenvalue weighted by atomic mass is 9.94. The van der Waals surface area contributed by atoms with Crippen LogP contribution < -0.4 is 0 Å². The first-order chi connectivity index (χ1) is 5.50. The second-order valence-corrected chi connectivity index (χ2v) is 3.56. The van der Waals surface area contributed by atoms with Crippen LogP contribution in [0.3, 0.4) is 0 Å². The molecule has 70 valence electrons. The Kier molecular flexibility index (Phi) is 4.71. The summed E-state index contributed by atoms with van der Waals surface area (Å²) in [4.78, 5) is 11.5. The highest BCUT2D eigenvalue weighted by molar-refractivity contribution is 5.85. The quantitative estimate of drug-likeness (QED) is 0.597. The molecule has 0 aliphatic rings. The van der Waals surface area contributed by atoms with Gasteiger partial charge in [-0.15, -0.1) is 0 Å². The van der Waals surface area contributed by atoms with Crippen molar-refractivity contribution in [3.8, 4) is 0 Å². The molecule has 3 heteroatoms. The summed E-state index contributed by atoms with van der Waals surface area (Å²) in [6.45, 7) is 7.76. The lowest BCUT2D eigenvalue weighted by Crippen LogP contribution is -2.28. The van der Waals surface area contributed by atoms with Gasteiger partial charge in [-0.3, -0.25) is 4.79 Å². The van der Waals surface area contributed by atoms with Crippen LogP contribution in [0.15, 0.2) is 10.2 Å². The van der Waals surface area contributed by atoms with Crippen LogP contribution in [-0.2, 0) is 4.79 Å². The Morgan fingerprint density at radius 1 is 1.17 bits per heavy atom. The maximum atomic E-state index is 11.5. The fraction of sp³-hybridized carbons (Fsp3) is 0.889. The monoisotopic (exact) mass is 170 g/mol. The lowest BCUT2D eigenvalue weighted by molar-refractivity contribution is -0.124. The Labute approximate surface area is 74.3 Å². The van der Waals surface area contributed by atoms with Gasteiger partial charge in [-0.2, -0.15) is 10.2 Å². The number of hydrogen-bond acceptors (Lipinski definition) is 3. The molecular formula is C9H18N2O. The van der Waals surface area contributed by atoms with Crippen LogP contribution in [0.2, 0.25) is 0 Å². The Bertz CT molecular complexity index is 173. The largest absolute Gasteiger partial charge is 0.297 e. The molecule has 1 atom stereocenters. The third-order valence-electron chi connectivity index (χ3n) is 1.73. The highest BCUT2D eigenvalue weighted by Gasteiger charge is 2.23. The number of Topliss-reactive ketones (excluding diaryl/α,β-unsaturated/α-hetero) is 1. The van der Waals surface area contributed by atoms with Gasteiger partial charge in [0.2, 0.25) is 0 Å². The van der Waals surface area contributed by atoms with Crippen molar-refractivity contribution in [1.29, 1.82) is 0 Å². The molecule has 0 aliphatic carbocycles. The molecule has 0 rings (SSSR count). The van der Waals surface area contributed by atoms with E-state index in [1.165, 1.54) is 0 Å². The van der Waals surface area contributed by atoms with Crippen molar-refractivity contribution in [2.75, 3.05) is 7.05 Å². The van der Waals surface area contributed by atoms with Crippen molar-refractivity contribution in [2.24, 2.45) is 22.1 Å². The van der Waals surface area contributed by atoms with Gasteiger partial charge < -0.3 is 0 Å². The van der Waals surface area contributed by atoms with Crippen LogP contribution >= 0.6 is 0 Å². The molecule has 0 heterocycles. The number of carbonyl (C=O) groups is 1. The molecule has 0 amide bonds. The van der Waals surface area contributed by atoms with Crippen LogP contribution in [0.1, 0.15) is 27.7 Å². The van der Waals surface area contributed by atoms with Gasteiger partial charge in [0.25, 0.3) is 0 Å². The third-order valence-corrected chi connectivity index (χ3v) is 1.73. The van der Waals surface area contributed by atoms with Crippen LogP contribution in [0.5, 0.6) is 0 Å². The van der Waals surface area contributed by atoms with Crippen LogP contribution in [-0.4, -0.2) is 18.9 Å². The van der Waals surface area contributed by atoms with Crippen molar-refractivity contribution < 1.29 is 4.79 Å². The maximum absolute atomic E-state index is 11.5. The van der Waals surface area contributed by atoms with E-state index in [0.29, 0.717) is 0 Å². The predicted octanol–water partition coefficient (Wildman–Crippen LogP) is 2.32. The van der Waals surface area contributed by atoms with E-state index >= 15 is 0 Å². The molecule has 3 nitrogen and oxygen atoms in total. The van der Waals surface area contributed by atoms with E-state index in [4.69, 9.17) is 0 Å². The van der Waals surface area contributed by atoms with Gasteiger partial charge in [-0.05, 0) is 5.92 Å². The molecule has 0 saturated carbocycles. The van der Waals surface area contributed by atoms with E-state index in [0.717, 1.165) is 0 Å². The first-order valence-electron chi connectivity index (χ1n) is 4.33. The number of carbonyl (C=O) groups excluding carboxylic acids is 1. The summed E-state index contributed by atoms with van der Waals surface area (Å²) in [7, 11) is 1.60. The Morgan fingerprint density at radius 3 is 1.92 bits per heavy atom. The fourth-order valence-corrected chi connectivity index (χ4v) is 0.985. The summed E-state index contributed by atoms with van der Waals surface area (Å²) >= 11 is 0. The van der Waals surface area contributed by atoms with E-state index in [-0.39, 0.29) is 23.7 Å². The standard InChI is InChI=1S/C9H18N2O/c1-6(2)8(11-10-5)9(12)7(3)4/h6-8H,1-5H3/b11-10-. The minimum Gasteiger partial charge on any atom is -0.297 e. The summed E-state index contributed by atoms with van der Waals surface area (Å²) in [6, 6.07) is -0.255. The van der Waals surface area contributed by atoms with E-state index < -0.39 is 0 Å². The van der Waals surface area contributed by atoms with E-state index in [1.807, 2.05) is 27.7 Å². The number of nitrogens with zero attached hydrogens (tertiary/aromatic N) is 2. The number of ketones is 1. The summed E-state index contributed by atoms with van der Waals surface area (Å²) < 4.78 is 0. The van der Waals surface area contributed by atoms with Gasteiger partial charge in [-0.1, -0.05) is 27.7 Å². The second-order valence-electron chi connectivity index (χ2n) is 3.56. The number of azo groups is 1. The van der Waals surface area contributed by atoms with Gasteiger partial charge in [0.05, 0.1) is 0 Å². The average Bonchev–Trinajstić information content (AvgIpc) is 1.98. The molecular weight excluding hydrogens is 152 g/mol. The zero-order valence-electron chi connectivity index (χ0n) is 8.53. The third kappa shape index (κ3) is 3.11. The SMILES string of the molecule is C/N=N\C(C(=O)C(C)C)C(C)C. The number of hydrogen-bond donors (Lipinski definition) is 0. The fourth-order valence-electron chi connectivity index (χ4n) is 0.985. The summed E-state index contributed by atoms with van der Waals surface area (Å²) in [6.07, 6.45) is 0. The molecule has 0 fully saturated rings. The van der Waals surface area contributed by atoms with Gasteiger partial charge in [-0.25, -0.2) is 0 Å². The van der Waals surface area contributed by atoms with Crippen LogP contribution in [0, 0.1) is 11.8 Å². The first-order valence-corrected chi connectivity index (χ1v) is 4.33. The molecule has 0 radical (unpaired) electrons. The Balaban J connectivity index is 4.40. The summed E-state index contributed by atoms with van der Waals surface area (Å²) in [5, 5.41) is 7.59. The molecule has 0 aromatic carbocycles. The van der Waals surface area contributed by atoms with E-state index in [2.05, 4.69) is 10.2 Å². The van der Waals surface area contributed by atoms with Crippen LogP contribution in [0.4, 0.5) is 0 Å². The van der Waals surface area contributed by atoms with E-state index in [1.54, 1.807) is 7.05 Å². The summed E-state index contributed by atoms with van der Waals surface area (Å²) in [5.74, 6) is 0.460. The Morgan fingerprint density at radius 2 is 1.67 bits per heavy atom. The van der Waals surface area contributed by atoms with Crippen LogP contribution in [0.25, 0.3) is 0 Å². The number of rotatable bonds is 4. The Hall–Kier alpha value is -0.730. The molecule has 0 N–H and O–H groups in total. The van der Waals surface area contributed by atoms with Crippen molar-refractivity contribution in [1.82, 2.24) is 0 Å². The highest BCUT2D eigenvalue weighted by atomic mass is 16.1. The van der Waals surface area contributed by atoms with Crippen molar-refractivity contribution in [3.63, 3.8) is 0 Å². The molecule has 0 bridgehead atoms. The molecule has 12 heavy (non-hydrogen) atoms. The zero-order chi connectivity index (χ0) is 9.72. The lowest BCUT2D eigenvalue weighted by Gasteiger charge is -2.15. The van der Waals surface area contributed by atoms with Crippen molar-refractivity contribution in [2.45, 2.75) is 33.7 Å². The van der Waals surface area contributed by atoms with Gasteiger partial charge in [0, 0.05) is 13.0 Å². The van der Waals surface area contributed by atoms with Gasteiger partial charge in [0.1, 0.15) is 6.04 Å². The summed E-state index contributed by atoms with van der Waals surface area (Å²) in [5.41, 5.74) is 0. The molecule has 0 aliphatic heterocycles. The minimum absolute atomic E-state index is 0.0444. The predicted molar refractivity (Wildman–Crippen MR) is 49.3 cm³/mol. The highest BCUT2D eigenvalue weighted by Crippen LogP contribution is 2.12.